The van der Waals surface area contributed by atoms with Gasteiger partial charge in [0.1, 0.15) is 18.3 Å². The summed E-state index contributed by atoms with van der Waals surface area (Å²) in [6, 6.07) is 21.9. The fourth-order valence-electron chi connectivity index (χ4n) is 9.53. The van der Waals surface area contributed by atoms with Crippen LogP contribution in [0.3, 0.4) is 0 Å². The van der Waals surface area contributed by atoms with E-state index in [1.165, 1.54) is 145 Å². The molecular weight excluding hydrogens is 1080 g/mol. The zero-order valence-electron chi connectivity index (χ0n) is 47.5. The number of esters is 3. The Morgan fingerprint density at radius 3 is 1.41 bits per heavy atom. The highest BCUT2D eigenvalue weighted by molar-refractivity contribution is 7.81. The zero-order valence-corrected chi connectivity index (χ0v) is 49.1. The topological polar surface area (TPSA) is 254 Å². The molecule has 7 atom stereocenters. The predicted molar refractivity (Wildman–Crippen MR) is 308 cm³/mol. The fraction of sp³-hybridized carbons (Fsp3) is 0.607. The van der Waals surface area contributed by atoms with Crippen molar-refractivity contribution in [3.63, 3.8) is 0 Å². The molecule has 2 unspecified atom stereocenters. The molecule has 3 aromatic rings. The van der Waals surface area contributed by atoms with Crippen LogP contribution >= 0.6 is 0 Å². The Morgan fingerprint density at radius 1 is 0.543 bits per heavy atom. The number of hydrogen-bond donors (Lipinski definition) is 3. The van der Waals surface area contributed by atoms with E-state index in [0.717, 1.165) is 51.4 Å². The van der Waals surface area contributed by atoms with E-state index in [2.05, 4.69) is 23.3 Å². The molecule has 452 valence electrons. The van der Waals surface area contributed by atoms with Crippen LogP contribution in [0.2, 0.25) is 0 Å². The largest absolute Gasteiger partial charge is 0.452 e. The maximum absolute atomic E-state index is 14.1. The van der Waals surface area contributed by atoms with Crippen LogP contribution in [0.15, 0.2) is 103 Å². The molecule has 0 bridgehead atoms. The smallest absolute Gasteiger partial charge is 0.397 e. The van der Waals surface area contributed by atoms with Gasteiger partial charge in [-0.1, -0.05) is 216 Å². The summed E-state index contributed by atoms with van der Waals surface area (Å²) in [6.07, 6.45) is 19.8. The van der Waals surface area contributed by atoms with Crippen molar-refractivity contribution in [2.24, 2.45) is 0 Å². The van der Waals surface area contributed by atoms with Crippen LogP contribution in [-0.2, 0) is 57.6 Å². The molecule has 1 heterocycles. The number of ether oxygens (including phenoxy) is 5. The molecule has 0 aliphatic carbocycles. The van der Waals surface area contributed by atoms with Gasteiger partial charge >= 0.3 is 38.7 Å². The van der Waals surface area contributed by atoms with E-state index in [1.807, 2.05) is 6.08 Å². The molecule has 0 saturated carbocycles. The molecule has 0 radical (unpaired) electrons. The Kier molecular flexibility index (Phi) is 33.3. The van der Waals surface area contributed by atoms with E-state index >= 15 is 0 Å². The highest BCUT2D eigenvalue weighted by Crippen LogP contribution is 2.32. The molecule has 0 aromatic heterocycles. The summed E-state index contributed by atoms with van der Waals surface area (Å²) >= 11 is 0. The third-order valence-electron chi connectivity index (χ3n) is 14.0. The minimum Gasteiger partial charge on any atom is -0.452 e. The monoisotopic (exact) mass is 1170 g/mol. The van der Waals surface area contributed by atoms with Crippen LogP contribution < -0.4 is 5.32 Å². The van der Waals surface area contributed by atoms with Crippen molar-refractivity contribution in [3.8, 4) is 0 Å². The average Bonchev–Trinajstić information content (AvgIpc) is 3.49. The second-order valence-electron chi connectivity index (χ2n) is 20.7. The van der Waals surface area contributed by atoms with E-state index in [4.69, 9.17) is 27.9 Å². The highest BCUT2D eigenvalue weighted by Gasteiger charge is 2.54. The first-order valence-electron chi connectivity index (χ1n) is 29.4. The first kappa shape index (κ1) is 68.4. The first-order valence-corrected chi connectivity index (χ1v) is 32.1. The summed E-state index contributed by atoms with van der Waals surface area (Å²) in [7, 11) is -10.8. The number of allylic oxidation sites excluding steroid dienone is 1. The Balaban J connectivity index is 1.66. The van der Waals surface area contributed by atoms with Gasteiger partial charge in [0.05, 0.1) is 35.9 Å². The highest BCUT2D eigenvalue weighted by atomic mass is 32.3. The lowest BCUT2D eigenvalue weighted by atomic mass is 9.98. The molecule has 3 N–H and O–H groups in total. The van der Waals surface area contributed by atoms with Crippen LogP contribution in [0, 0.1) is 0 Å². The number of carbonyl (C=O) groups excluding carboxylic acids is 4. The minimum atomic E-state index is -5.52. The van der Waals surface area contributed by atoms with Gasteiger partial charge in [0.25, 0.3) is 0 Å². The third-order valence-corrected chi connectivity index (χ3v) is 14.9. The lowest BCUT2D eigenvalue weighted by molar-refractivity contribution is -0.296. The van der Waals surface area contributed by atoms with Crippen LogP contribution in [0.1, 0.15) is 212 Å². The summed E-state index contributed by atoms with van der Waals surface area (Å²) in [4.78, 5) is 55.8. The van der Waals surface area contributed by atoms with E-state index < -0.39 is 101 Å². The lowest BCUT2D eigenvalue weighted by Gasteiger charge is -2.44. The summed E-state index contributed by atoms with van der Waals surface area (Å²) < 4.78 is 109. The third kappa shape index (κ3) is 29.2. The quantitative estimate of drug-likeness (QED) is 0.0156. The van der Waals surface area contributed by atoms with Gasteiger partial charge in [0, 0.05) is 6.42 Å². The van der Waals surface area contributed by atoms with E-state index in [1.54, 1.807) is 48.5 Å². The second kappa shape index (κ2) is 39.4. The zero-order chi connectivity index (χ0) is 58.6. The number of hydrogen-bond acceptors (Lipinski definition) is 15. The number of rotatable bonds is 43. The maximum Gasteiger partial charge on any atom is 0.397 e. The number of benzene rings is 3. The van der Waals surface area contributed by atoms with Crippen LogP contribution in [0.5, 0.6) is 0 Å². The molecule has 18 nitrogen and oxygen atoms in total. The molecule has 1 fully saturated rings. The molecule has 81 heavy (non-hydrogen) atoms. The average molecular weight is 1170 g/mol. The van der Waals surface area contributed by atoms with Crippen molar-refractivity contribution in [2.75, 3.05) is 13.2 Å². The molecule has 0 spiro atoms. The summed E-state index contributed by atoms with van der Waals surface area (Å²) in [6.45, 7) is 2.60. The maximum atomic E-state index is 14.1. The van der Waals surface area contributed by atoms with Crippen molar-refractivity contribution >= 4 is 44.6 Å². The van der Waals surface area contributed by atoms with E-state index in [0.29, 0.717) is 12.8 Å². The van der Waals surface area contributed by atoms with E-state index in [-0.39, 0.29) is 23.1 Å². The van der Waals surface area contributed by atoms with Gasteiger partial charge in [-0.25, -0.2) is 22.7 Å². The van der Waals surface area contributed by atoms with E-state index in [9.17, 15) is 45.1 Å². The van der Waals surface area contributed by atoms with Crippen molar-refractivity contribution in [3.05, 3.63) is 120 Å². The summed E-state index contributed by atoms with van der Waals surface area (Å²) in [5.41, 5.74) is 0.125. The van der Waals surface area contributed by atoms with Gasteiger partial charge in [-0.05, 0) is 61.7 Å². The molecule has 20 heteroatoms. The van der Waals surface area contributed by atoms with Crippen molar-refractivity contribution < 1.29 is 77.2 Å². The fourth-order valence-corrected chi connectivity index (χ4v) is 10.3. The van der Waals surface area contributed by atoms with Crippen molar-refractivity contribution in [1.29, 1.82) is 0 Å². The summed E-state index contributed by atoms with van der Waals surface area (Å²) in [5, 5.41) is 2.98. The van der Waals surface area contributed by atoms with Crippen LogP contribution in [0.4, 0.5) is 0 Å². The second-order valence-corrected chi connectivity index (χ2v) is 22.8. The molecule has 1 aliphatic heterocycles. The van der Waals surface area contributed by atoms with Gasteiger partial charge in [0.15, 0.2) is 18.5 Å². The minimum absolute atomic E-state index is 0.0254. The number of unbranched alkanes of at least 4 members (excludes halogenated alkanes) is 23. The van der Waals surface area contributed by atoms with Crippen LogP contribution in [-0.4, -0.2) is 106 Å². The molecule has 1 amide bonds. The number of carbonyl (C=O) groups is 4. The Labute approximate surface area is 481 Å². The molecule has 3 aromatic carbocycles. The van der Waals surface area contributed by atoms with Crippen molar-refractivity contribution in [1.82, 2.24) is 5.32 Å². The number of amides is 1. The van der Waals surface area contributed by atoms with Gasteiger partial charge in [0.2, 0.25) is 5.91 Å². The van der Waals surface area contributed by atoms with Gasteiger partial charge in [-0.3, -0.25) is 13.9 Å². The molecule has 1 aliphatic rings. The Hall–Kier alpha value is -5.06. The predicted octanol–water partition coefficient (Wildman–Crippen LogP) is 12.6. The molecule has 4 rings (SSSR count). The SMILES string of the molecule is CCCCCCCCCCCCC/C=C/C(OC(=O)c1ccccc1)C(CO[C@@H]1O[C@H](COS(=O)(=O)O)[C@H](OS(=O)(=O)O)[C@H](OC(=O)c2ccccc2)[C@H]1OC(=O)c1ccccc1)NC(=O)CCCCCCCCCCCCCCC. The number of nitrogens with one attached hydrogen (secondary N) is 1. The first-order chi connectivity index (χ1) is 39.1. The lowest BCUT2D eigenvalue weighted by Crippen LogP contribution is -2.63. The van der Waals surface area contributed by atoms with Crippen LogP contribution in [0.25, 0.3) is 0 Å². The normalized spacial score (nSPS) is 18.2. The molecular formula is C61H89NO17S2. The van der Waals surface area contributed by atoms with Gasteiger partial charge in [-0.15, -0.1) is 0 Å². The Morgan fingerprint density at radius 2 is 0.963 bits per heavy atom. The molecule has 1 saturated heterocycles. The Bertz CT molecular complexity index is 2480. The standard InChI is InChI=1S/C61H89NO17S2/c1-3-5-7-9-11-13-15-17-19-21-23-25-36-44-52(75-58(64)48-38-30-27-31-39-48)51(62-54(63)45-37-26-24-22-20-18-16-14-12-10-8-6-4-2)46-73-61-57(78-60(66)50-42-34-29-35-43-50)56(77-59(65)49-40-32-28-33-41-49)55(79-81(70,71)72)53(76-61)47-74-80(67,68)69/h27-36,38-44,51-53,55-57,61H,3-26,37,45-47H2,1-2H3,(H,62,63)(H,67,68,69)(H,70,71,72)/b44-36+/t51?,52?,53-,55+,56+,57-,61-/m1/s1. The van der Waals surface area contributed by atoms with Crippen molar-refractivity contribution in [2.45, 2.75) is 224 Å². The van der Waals surface area contributed by atoms with Gasteiger partial charge < -0.3 is 29.0 Å². The van der Waals surface area contributed by atoms with Gasteiger partial charge in [-0.2, -0.15) is 16.8 Å². The summed E-state index contributed by atoms with van der Waals surface area (Å²) in [5.74, 6) is -3.30.